The smallest absolute Gasteiger partial charge is 0.416 e. The summed E-state index contributed by atoms with van der Waals surface area (Å²) in [5.41, 5.74) is -2.60. The van der Waals surface area contributed by atoms with Gasteiger partial charge in [0.15, 0.2) is 0 Å². The molecule has 0 amide bonds. The normalized spacial score (nSPS) is 20.5. The van der Waals surface area contributed by atoms with E-state index in [1.165, 1.54) is 12.3 Å². The molecule has 156 valence electrons. The minimum absolute atomic E-state index is 0.00282. The van der Waals surface area contributed by atoms with Crippen molar-refractivity contribution in [1.82, 2.24) is 4.57 Å². The zero-order valence-electron chi connectivity index (χ0n) is 15.3. The van der Waals surface area contributed by atoms with Gasteiger partial charge in [-0.25, -0.2) is 0 Å². The third-order valence-corrected chi connectivity index (χ3v) is 4.69. The first-order valence-corrected chi connectivity index (χ1v) is 8.47. The number of pyridine rings is 1. The number of halogens is 3. The fraction of sp³-hybridized carbons (Fsp3) is 0.389. The van der Waals surface area contributed by atoms with Crippen LogP contribution in [0.5, 0.6) is 5.75 Å². The average Bonchev–Trinajstić information content (AvgIpc) is 2.60. The summed E-state index contributed by atoms with van der Waals surface area (Å²) >= 11 is 0. The van der Waals surface area contributed by atoms with E-state index in [4.69, 9.17) is 4.74 Å². The Morgan fingerprint density at radius 1 is 1.31 bits per heavy atom. The second-order valence-corrected chi connectivity index (χ2v) is 7.12. The van der Waals surface area contributed by atoms with Gasteiger partial charge in [0.25, 0.3) is 10.6 Å². The highest BCUT2D eigenvalue weighted by molar-refractivity contribution is 5.44. The fourth-order valence-corrected chi connectivity index (χ4v) is 3.22. The number of rotatable bonds is 4. The number of hydrogen-bond acceptors (Lipinski definition) is 6. The van der Waals surface area contributed by atoms with Gasteiger partial charge in [0.2, 0.25) is 0 Å². The van der Waals surface area contributed by atoms with Gasteiger partial charge in [-0.1, -0.05) is 0 Å². The van der Waals surface area contributed by atoms with Gasteiger partial charge in [0, 0.05) is 17.8 Å². The first-order chi connectivity index (χ1) is 13.4. The lowest BCUT2D eigenvalue weighted by Crippen LogP contribution is -2.52. The van der Waals surface area contributed by atoms with Crippen molar-refractivity contribution in [3.05, 3.63) is 73.7 Å². The van der Waals surface area contributed by atoms with Crippen LogP contribution in [0.15, 0.2) is 41.3 Å². The van der Waals surface area contributed by atoms with Gasteiger partial charge in [-0.05, 0) is 43.7 Å². The van der Waals surface area contributed by atoms with Crippen LogP contribution in [-0.2, 0) is 17.6 Å². The van der Waals surface area contributed by atoms with Crippen LogP contribution in [0.25, 0.3) is 0 Å². The van der Waals surface area contributed by atoms with Crippen molar-refractivity contribution in [3.63, 3.8) is 0 Å². The third kappa shape index (κ3) is 4.04. The molecule has 0 saturated carbocycles. The number of ether oxygens (including phenoxy) is 1. The lowest BCUT2D eigenvalue weighted by atomic mass is 9.85. The minimum atomic E-state index is -4.62. The van der Waals surface area contributed by atoms with Crippen LogP contribution in [0.2, 0.25) is 0 Å². The summed E-state index contributed by atoms with van der Waals surface area (Å²) in [7, 11) is 0. The molecule has 0 spiro atoms. The second-order valence-electron chi connectivity index (χ2n) is 7.12. The summed E-state index contributed by atoms with van der Waals surface area (Å²) in [5, 5.41) is 20.1. The van der Waals surface area contributed by atoms with Gasteiger partial charge in [-0.15, -0.1) is 10.1 Å². The summed E-state index contributed by atoms with van der Waals surface area (Å²) in [6, 6.07) is 4.12. The molecule has 2 unspecified atom stereocenters. The highest BCUT2D eigenvalue weighted by Crippen LogP contribution is 2.43. The molecule has 1 aromatic heterocycles. The van der Waals surface area contributed by atoms with E-state index in [0.29, 0.717) is 0 Å². The average molecular weight is 414 g/mol. The molecule has 1 aromatic carbocycles. The fourth-order valence-electron chi connectivity index (χ4n) is 3.22. The molecule has 11 heteroatoms. The van der Waals surface area contributed by atoms with Crippen LogP contribution in [0.4, 0.5) is 13.2 Å². The zero-order chi connectivity index (χ0) is 21.6. The molecule has 8 nitrogen and oxygen atoms in total. The first kappa shape index (κ1) is 20.6. The second kappa shape index (κ2) is 7.07. The van der Waals surface area contributed by atoms with Crippen molar-refractivity contribution >= 4 is 0 Å². The maximum Gasteiger partial charge on any atom is 0.416 e. The Kier molecular flexibility index (Phi) is 5.03. The molecule has 0 aliphatic carbocycles. The molecule has 2 aromatic rings. The molecule has 1 aliphatic heterocycles. The Labute approximate surface area is 162 Å². The van der Waals surface area contributed by atoms with Crippen LogP contribution < -0.4 is 10.3 Å². The van der Waals surface area contributed by atoms with Crippen molar-refractivity contribution in [1.29, 1.82) is 0 Å². The largest absolute Gasteiger partial charge is 0.485 e. The Morgan fingerprint density at radius 2 is 2.00 bits per heavy atom. The monoisotopic (exact) mass is 414 g/mol. The lowest BCUT2D eigenvalue weighted by Gasteiger charge is -2.42. The van der Waals surface area contributed by atoms with Crippen molar-refractivity contribution < 1.29 is 32.9 Å². The summed E-state index contributed by atoms with van der Waals surface area (Å²) in [4.78, 5) is 27.1. The Hall–Kier alpha value is -3.08. The van der Waals surface area contributed by atoms with Crippen LogP contribution in [0, 0.1) is 10.1 Å². The lowest BCUT2D eigenvalue weighted by molar-refractivity contribution is -0.763. The van der Waals surface area contributed by atoms with Crippen LogP contribution in [0.1, 0.15) is 36.6 Å². The maximum absolute atomic E-state index is 13.2. The molecule has 3 rings (SSSR count). The van der Waals surface area contributed by atoms with Crippen LogP contribution in [0.3, 0.4) is 0 Å². The van der Waals surface area contributed by atoms with Gasteiger partial charge in [-0.3, -0.25) is 4.79 Å². The van der Waals surface area contributed by atoms with E-state index in [2.05, 4.69) is 4.84 Å². The Bertz CT molecular complexity index is 1000. The van der Waals surface area contributed by atoms with E-state index in [9.17, 15) is 33.2 Å². The quantitative estimate of drug-likeness (QED) is 0.610. The standard InChI is InChI=1S/C18H17F3N2O6/c1-17(2)16(25)15(12-8-11(18(19,20)21)3-4-13(12)29-17)22-6-5-10(7-14(22)24)9-28-23(26)27/h3-8,15-16,25H,9H2,1-2H3. The zero-order valence-corrected chi connectivity index (χ0v) is 15.3. The number of aliphatic hydroxyl groups is 1. The number of aromatic nitrogens is 1. The minimum Gasteiger partial charge on any atom is -0.485 e. The SMILES string of the molecule is CC1(C)Oc2ccc(C(F)(F)F)cc2C(n2ccc(CO[N+](=O)[O-])cc2=O)C1O. The molecule has 0 bridgehead atoms. The van der Waals surface area contributed by atoms with Crippen LogP contribution >= 0.6 is 0 Å². The van der Waals surface area contributed by atoms with Crippen molar-refractivity contribution in [2.24, 2.45) is 0 Å². The van der Waals surface area contributed by atoms with Gasteiger partial charge in [0.05, 0.1) is 11.6 Å². The van der Waals surface area contributed by atoms with E-state index in [1.807, 2.05) is 0 Å². The molecular weight excluding hydrogens is 397 g/mol. The van der Waals surface area contributed by atoms with E-state index in [0.717, 1.165) is 28.8 Å². The molecule has 0 radical (unpaired) electrons. The van der Waals surface area contributed by atoms with E-state index < -0.39 is 46.7 Å². The number of hydrogen-bond donors (Lipinski definition) is 1. The van der Waals surface area contributed by atoms with Gasteiger partial charge in [-0.2, -0.15) is 13.2 Å². The number of nitrogens with zero attached hydrogens (tertiary/aromatic N) is 2. The Morgan fingerprint density at radius 3 is 2.59 bits per heavy atom. The summed E-state index contributed by atoms with van der Waals surface area (Å²) in [5.74, 6) is 0.117. The topological polar surface area (TPSA) is 104 Å². The number of aliphatic hydroxyl groups excluding tert-OH is 1. The predicted octanol–water partition coefficient (Wildman–Crippen LogP) is 2.70. The molecule has 0 saturated heterocycles. The van der Waals surface area contributed by atoms with E-state index >= 15 is 0 Å². The highest BCUT2D eigenvalue weighted by Gasteiger charge is 2.45. The van der Waals surface area contributed by atoms with Gasteiger partial charge >= 0.3 is 6.18 Å². The first-order valence-electron chi connectivity index (χ1n) is 8.47. The van der Waals surface area contributed by atoms with E-state index in [1.54, 1.807) is 13.8 Å². The number of alkyl halides is 3. The molecule has 0 fully saturated rings. The van der Waals surface area contributed by atoms with Crippen molar-refractivity contribution in [3.8, 4) is 5.75 Å². The maximum atomic E-state index is 13.2. The van der Waals surface area contributed by atoms with Crippen molar-refractivity contribution in [2.75, 3.05) is 0 Å². The molecule has 29 heavy (non-hydrogen) atoms. The highest BCUT2D eigenvalue weighted by atomic mass is 19.4. The van der Waals surface area contributed by atoms with Gasteiger partial charge < -0.3 is 19.2 Å². The Balaban J connectivity index is 2.11. The summed E-state index contributed by atoms with van der Waals surface area (Å²) in [6.45, 7) is 2.64. The molecular formula is C18H17F3N2O6. The number of benzene rings is 1. The summed E-state index contributed by atoms with van der Waals surface area (Å²) in [6.07, 6.45) is -4.72. The molecule has 2 atom stereocenters. The molecule has 1 N–H and O–H groups in total. The van der Waals surface area contributed by atoms with E-state index in [-0.39, 0.29) is 16.9 Å². The van der Waals surface area contributed by atoms with Crippen LogP contribution in [-0.4, -0.2) is 26.5 Å². The van der Waals surface area contributed by atoms with Crippen molar-refractivity contribution in [2.45, 2.75) is 44.4 Å². The molecule has 1 aliphatic rings. The third-order valence-electron chi connectivity index (χ3n) is 4.69. The number of fused-ring (bicyclic) bond motifs is 1. The summed E-state index contributed by atoms with van der Waals surface area (Å²) < 4.78 is 46.3. The predicted molar refractivity (Wildman–Crippen MR) is 92.8 cm³/mol. The van der Waals surface area contributed by atoms with Gasteiger partial charge in [0.1, 0.15) is 24.1 Å². The molecule has 2 heterocycles.